The first-order valence-electron chi connectivity index (χ1n) is 14.9. The van der Waals surface area contributed by atoms with Crippen LogP contribution in [-0.2, 0) is 33.4 Å². The first-order chi connectivity index (χ1) is 20.6. The predicted molar refractivity (Wildman–Crippen MR) is 157 cm³/mol. The Morgan fingerprint density at radius 2 is 1.47 bits per heavy atom. The van der Waals surface area contributed by atoms with Gasteiger partial charge >= 0.3 is 11.9 Å². The maximum Gasteiger partial charge on any atom is 0.333 e. The number of fused-ring (bicyclic) bond motifs is 2. The Morgan fingerprint density at radius 3 is 2.09 bits per heavy atom. The third-order valence-electron chi connectivity index (χ3n) is 9.60. The highest BCUT2D eigenvalue weighted by molar-refractivity contribution is 6.24. The molecule has 1 fully saturated rings. The summed E-state index contributed by atoms with van der Waals surface area (Å²) in [6.07, 6.45) is 1.66. The summed E-state index contributed by atoms with van der Waals surface area (Å²) in [6.45, 7) is 7.29. The Labute approximate surface area is 250 Å². The summed E-state index contributed by atoms with van der Waals surface area (Å²) in [5, 5.41) is 0. The average Bonchev–Trinajstić information content (AvgIpc) is 3.27. The van der Waals surface area contributed by atoms with E-state index in [9.17, 15) is 24.0 Å². The third kappa shape index (κ3) is 4.29. The van der Waals surface area contributed by atoms with E-state index in [1.807, 2.05) is 50.2 Å². The quantitative estimate of drug-likeness (QED) is 0.356. The van der Waals surface area contributed by atoms with Gasteiger partial charge in [0.2, 0.25) is 11.8 Å². The molecule has 43 heavy (non-hydrogen) atoms. The van der Waals surface area contributed by atoms with Crippen LogP contribution in [0.1, 0.15) is 45.6 Å². The van der Waals surface area contributed by atoms with Crippen molar-refractivity contribution in [3.8, 4) is 0 Å². The molecule has 3 aliphatic carbocycles. The number of Topliss-reactive ketones (excluding diaryl/α,β-unsaturated/α-hetero) is 1. The molecule has 0 aromatic heterocycles. The van der Waals surface area contributed by atoms with Crippen LogP contribution in [0.2, 0.25) is 0 Å². The molecule has 4 aliphatic rings. The van der Waals surface area contributed by atoms with Gasteiger partial charge in [-0.15, -0.1) is 0 Å². The van der Waals surface area contributed by atoms with Crippen molar-refractivity contribution in [2.75, 3.05) is 18.1 Å². The van der Waals surface area contributed by atoms with Gasteiger partial charge < -0.3 is 9.47 Å². The maximum atomic E-state index is 14.5. The molecule has 2 aromatic rings. The summed E-state index contributed by atoms with van der Waals surface area (Å²) in [4.78, 5) is 71.5. The van der Waals surface area contributed by atoms with Gasteiger partial charge in [-0.2, -0.15) is 0 Å². The van der Waals surface area contributed by atoms with Crippen LogP contribution in [0.15, 0.2) is 83.5 Å². The van der Waals surface area contributed by atoms with E-state index >= 15 is 0 Å². The lowest BCUT2D eigenvalue weighted by molar-refractivity contribution is -0.149. The molecule has 0 saturated carbocycles. The molecule has 222 valence electrons. The largest absolute Gasteiger partial charge is 0.466 e. The Morgan fingerprint density at radius 1 is 0.860 bits per heavy atom. The summed E-state index contributed by atoms with van der Waals surface area (Å²) in [6, 6.07) is 18.1. The molecule has 1 aliphatic heterocycles. The van der Waals surface area contributed by atoms with Gasteiger partial charge in [0.1, 0.15) is 0 Å². The van der Waals surface area contributed by atoms with Crippen molar-refractivity contribution in [1.82, 2.24) is 0 Å². The van der Waals surface area contributed by atoms with E-state index in [2.05, 4.69) is 0 Å². The van der Waals surface area contributed by atoms with Gasteiger partial charge in [-0.1, -0.05) is 74.0 Å². The number of esters is 2. The molecule has 0 unspecified atom stereocenters. The highest BCUT2D eigenvalue weighted by atomic mass is 16.5. The lowest BCUT2D eigenvalue weighted by atomic mass is 9.60. The number of para-hydroxylation sites is 1. The molecular weight excluding hydrogens is 546 g/mol. The van der Waals surface area contributed by atoms with E-state index in [0.717, 1.165) is 5.56 Å². The Hall–Kier alpha value is -4.33. The molecule has 1 heterocycles. The second-order valence-corrected chi connectivity index (χ2v) is 12.2. The van der Waals surface area contributed by atoms with Crippen LogP contribution in [0.4, 0.5) is 5.69 Å². The number of amides is 2. The number of hydrogen-bond donors (Lipinski definition) is 0. The summed E-state index contributed by atoms with van der Waals surface area (Å²) in [5.74, 6) is -6.67. The van der Waals surface area contributed by atoms with Crippen molar-refractivity contribution in [1.29, 1.82) is 0 Å². The second-order valence-electron chi connectivity index (χ2n) is 12.2. The molecule has 0 radical (unpaired) electrons. The Bertz CT molecular complexity index is 1570. The fraction of sp³-hybridized carbons (Fsp3) is 0.400. The molecule has 2 amide bonds. The number of ketones is 1. The number of imide groups is 1. The zero-order valence-electron chi connectivity index (χ0n) is 24.7. The number of rotatable bonds is 6. The van der Waals surface area contributed by atoms with Crippen LogP contribution < -0.4 is 4.90 Å². The van der Waals surface area contributed by atoms with Gasteiger partial charge in [0.05, 0.1) is 36.7 Å². The van der Waals surface area contributed by atoms with Crippen molar-refractivity contribution >= 4 is 35.2 Å². The van der Waals surface area contributed by atoms with Gasteiger partial charge in [0, 0.05) is 28.4 Å². The van der Waals surface area contributed by atoms with Crippen molar-refractivity contribution in [3.05, 3.63) is 89.0 Å². The molecule has 6 rings (SSSR count). The number of allylic oxidation sites excluding steroid dienone is 2. The number of carbonyl (C=O) groups is 5. The Kier molecular flexibility index (Phi) is 7.19. The minimum atomic E-state index is -1.06. The normalized spacial score (nSPS) is 29.1. The van der Waals surface area contributed by atoms with Gasteiger partial charge in [-0.05, 0) is 43.9 Å². The van der Waals surface area contributed by atoms with Crippen LogP contribution in [0.5, 0.6) is 0 Å². The van der Waals surface area contributed by atoms with Crippen LogP contribution in [0, 0.1) is 35.0 Å². The molecule has 0 bridgehead atoms. The van der Waals surface area contributed by atoms with Crippen molar-refractivity contribution in [2.24, 2.45) is 35.0 Å². The van der Waals surface area contributed by atoms with E-state index in [1.54, 1.807) is 44.2 Å². The van der Waals surface area contributed by atoms with Crippen molar-refractivity contribution in [3.63, 3.8) is 0 Å². The van der Waals surface area contributed by atoms with Crippen LogP contribution in [0.3, 0.4) is 0 Å². The molecule has 8 nitrogen and oxygen atoms in total. The highest BCUT2D eigenvalue weighted by Gasteiger charge is 2.66. The van der Waals surface area contributed by atoms with Crippen LogP contribution in [-0.4, -0.2) is 42.7 Å². The number of ether oxygens (including phenoxy) is 2. The Balaban J connectivity index is 1.63. The standard InChI is InChI=1S/C35H35NO7/c1-5-42-33(40)20-17-22-25-27(30(37)35(3,4)29(25)23(18-20)34(41)43-6-2)24(19-13-9-7-10-14-19)28-26(22)31(38)36(32(28)39)21-15-11-8-12-16-21/h7-16,18,22-24,26,28-29H,5-6,17H2,1-4H3/t22-,23-,24+,26-,28+,29-/m1/s1. The second kappa shape index (κ2) is 10.7. The summed E-state index contributed by atoms with van der Waals surface area (Å²) >= 11 is 0. The molecule has 1 saturated heterocycles. The lowest BCUT2D eigenvalue weighted by Gasteiger charge is -2.39. The number of anilines is 1. The van der Waals surface area contributed by atoms with E-state index in [-0.39, 0.29) is 42.8 Å². The monoisotopic (exact) mass is 581 g/mol. The average molecular weight is 582 g/mol. The smallest absolute Gasteiger partial charge is 0.333 e. The van der Waals surface area contributed by atoms with Crippen LogP contribution in [0.25, 0.3) is 0 Å². The van der Waals surface area contributed by atoms with E-state index in [1.165, 1.54) is 4.90 Å². The number of nitrogens with zero attached hydrogens (tertiary/aromatic N) is 1. The number of carbonyl (C=O) groups excluding carboxylic acids is 5. The topological polar surface area (TPSA) is 107 Å². The van der Waals surface area contributed by atoms with E-state index in [0.29, 0.717) is 16.8 Å². The fourth-order valence-corrected chi connectivity index (χ4v) is 7.97. The lowest BCUT2D eigenvalue weighted by Crippen LogP contribution is -2.40. The summed E-state index contributed by atoms with van der Waals surface area (Å²) in [7, 11) is 0. The maximum absolute atomic E-state index is 14.5. The zero-order valence-corrected chi connectivity index (χ0v) is 24.7. The highest BCUT2D eigenvalue weighted by Crippen LogP contribution is 2.64. The first-order valence-corrected chi connectivity index (χ1v) is 14.9. The SMILES string of the molecule is CCOC(=O)C1=C[C@@H](C(=O)OCC)[C@@H]2C3=C(C(=O)C2(C)C)[C@H](c2ccccc2)[C@@H]2C(=O)N(c4ccccc4)C(=O)[C@@H]2[C@@H]3C1. The molecule has 2 aromatic carbocycles. The molecular formula is C35H35NO7. The molecule has 8 heteroatoms. The van der Waals surface area contributed by atoms with Crippen molar-refractivity contribution < 1.29 is 33.4 Å². The van der Waals surface area contributed by atoms with E-state index in [4.69, 9.17) is 9.47 Å². The van der Waals surface area contributed by atoms with Gasteiger partial charge in [-0.25, -0.2) is 4.79 Å². The summed E-state index contributed by atoms with van der Waals surface area (Å²) in [5.41, 5.74) is 1.59. The number of benzene rings is 2. The first kappa shape index (κ1) is 28.8. The van der Waals surface area contributed by atoms with E-state index < -0.39 is 52.9 Å². The van der Waals surface area contributed by atoms with Gasteiger partial charge in [0.15, 0.2) is 5.78 Å². The van der Waals surface area contributed by atoms with Crippen molar-refractivity contribution in [2.45, 2.75) is 40.0 Å². The molecule has 0 spiro atoms. The summed E-state index contributed by atoms with van der Waals surface area (Å²) < 4.78 is 10.9. The number of hydrogen-bond acceptors (Lipinski definition) is 7. The molecule has 0 N–H and O–H groups in total. The van der Waals surface area contributed by atoms with Gasteiger partial charge in [0.25, 0.3) is 0 Å². The predicted octanol–water partition coefficient (Wildman–Crippen LogP) is 4.80. The third-order valence-corrected chi connectivity index (χ3v) is 9.60. The minimum absolute atomic E-state index is 0.0672. The minimum Gasteiger partial charge on any atom is -0.466 e. The molecule has 6 atom stereocenters. The van der Waals surface area contributed by atoms with Gasteiger partial charge in [-0.3, -0.25) is 24.1 Å². The zero-order chi connectivity index (χ0) is 30.6. The fourth-order valence-electron chi connectivity index (χ4n) is 7.97. The van der Waals surface area contributed by atoms with Crippen LogP contribution >= 0.6 is 0 Å².